The summed E-state index contributed by atoms with van der Waals surface area (Å²) in [5.74, 6) is 0.00705. The second kappa shape index (κ2) is 4.10. The normalized spacial score (nSPS) is 23.8. The summed E-state index contributed by atoms with van der Waals surface area (Å²) in [6, 6.07) is 2.14. The highest BCUT2D eigenvalue weighted by atomic mass is 32.1. The van der Waals surface area contributed by atoms with Gasteiger partial charge < -0.3 is 5.32 Å². The number of nitrogens with one attached hydrogen (secondary N) is 2. The molecule has 0 aromatic carbocycles. The molecule has 2 heterocycles. The topological polar surface area (TPSA) is 80.0 Å². The summed E-state index contributed by atoms with van der Waals surface area (Å²) in [4.78, 5) is 14.1. The fourth-order valence-corrected chi connectivity index (χ4v) is 3.28. The molecule has 0 spiro atoms. The zero-order valence-corrected chi connectivity index (χ0v) is 11.3. The highest BCUT2D eigenvalue weighted by Gasteiger charge is 2.40. The van der Waals surface area contributed by atoms with Gasteiger partial charge in [-0.05, 0) is 19.4 Å². The molecule has 1 fully saturated rings. The van der Waals surface area contributed by atoms with E-state index in [4.69, 9.17) is 10.7 Å². The summed E-state index contributed by atoms with van der Waals surface area (Å²) < 4.78 is 0. The van der Waals surface area contributed by atoms with E-state index in [2.05, 4.69) is 11.4 Å². The second-order valence-corrected chi connectivity index (χ2v) is 5.53. The molecule has 1 aliphatic rings. The quantitative estimate of drug-likeness (QED) is 0.805. The van der Waals surface area contributed by atoms with Crippen LogP contribution in [0, 0.1) is 23.7 Å². The van der Waals surface area contributed by atoms with E-state index in [1.807, 2.05) is 13.8 Å². The third-order valence-corrected chi connectivity index (χ3v) is 4.62. The molecular formula is C12H14N4OS. The monoisotopic (exact) mass is 262 g/mol. The molecule has 6 heteroatoms. The van der Waals surface area contributed by atoms with E-state index in [1.165, 1.54) is 16.2 Å². The number of rotatable bonds is 1. The average Bonchev–Trinajstić information content (AvgIpc) is 2.68. The van der Waals surface area contributed by atoms with Gasteiger partial charge in [0.25, 0.3) is 0 Å². The summed E-state index contributed by atoms with van der Waals surface area (Å²) in [5, 5.41) is 21.6. The Morgan fingerprint density at radius 2 is 2.33 bits per heavy atom. The van der Waals surface area contributed by atoms with E-state index >= 15 is 0 Å². The van der Waals surface area contributed by atoms with E-state index in [1.54, 1.807) is 12.4 Å². The fraction of sp³-hybridized carbons (Fsp3) is 0.417. The summed E-state index contributed by atoms with van der Waals surface area (Å²) >= 11 is 1.46. The Morgan fingerprint density at radius 1 is 1.67 bits per heavy atom. The minimum atomic E-state index is -0.593. The Balaban J connectivity index is 2.43. The van der Waals surface area contributed by atoms with Gasteiger partial charge in [-0.25, -0.2) is 0 Å². The minimum Gasteiger partial charge on any atom is -0.345 e. The molecule has 2 N–H and O–H groups in total. The lowest BCUT2D eigenvalue weighted by atomic mass is 9.90. The Morgan fingerprint density at radius 3 is 2.83 bits per heavy atom. The van der Waals surface area contributed by atoms with E-state index in [9.17, 15) is 4.79 Å². The van der Waals surface area contributed by atoms with Crippen molar-refractivity contribution >= 4 is 23.2 Å². The summed E-state index contributed by atoms with van der Waals surface area (Å²) in [6.07, 6.45) is 0.290. The molecule has 1 aromatic rings. The number of amides is 1. The number of carbonyl (C=O) groups excluding carboxylic acids is 1. The molecule has 94 valence electrons. The van der Waals surface area contributed by atoms with Crippen molar-refractivity contribution < 1.29 is 4.79 Å². The molecule has 1 aromatic heterocycles. The molecular weight excluding hydrogens is 248 g/mol. The van der Waals surface area contributed by atoms with Crippen molar-refractivity contribution in [3.8, 4) is 6.07 Å². The van der Waals surface area contributed by atoms with Crippen LogP contribution in [-0.4, -0.2) is 23.8 Å². The lowest BCUT2D eigenvalue weighted by Crippen LogP contribution is -2.58. The smallest absolute Gasteiger partial charge is 0.231 e. The molecule has 1 saturated heterocycles. The Labute approximate surface area is 110 Å². The molecule has 0 bridgehead atoms. The maximum absolute atomic E-state index is 11.9. The van der Waals surface area contributed by atoms with Gasteiger partial charge in [-0.2, -0.15) is 5.26 Å². The first kappa shape index (κ1) is 12.6. The largest absolute Gasteiger partial charge is 0.345 e. The lowest BCUT2D eigenvalue weighted by molar-refractivity contribution is -0.129. The van der Waals surface area contributed by atoms with Gasteiger partial charge in [-0.1, -0.05) is 0 Å². The van der Waals surface area contributed by atoms with Crippen molar-refractivity contribution in [2.45, 2.75) is 25.8 Å². The Hall–Kier alpha value is -1.87. The molecule has 18 heavy (non-hydrogen) atoms. The molecule has 1 atom stereocenters. The number of thiophene rings is 1. The van der Waals surface area contributed by atoms with E-state index in [0.29, 0.717) is 5.56 Å². The zero-order valence-electron chi connectivity index (χ0n) is 10.5. The maximum atomic E-state index is 11.9. The number of hydrogen-bond donors (Lipinski definition) is 2. The third-order valence-electron chi connectivity index (χ3n) is 3.27. The zero-order chi connectivity index (χ0) is 13.5. The Kier molecular flexibility index (Phi) is 2.87. The first-order valence-corrected chi connectivity index (χ1v) is 6.39. The van der Waals surface area contributed by atoms with Crippen molar-refractivity contribution in [2.24, 2.45) is 0 Å². The van der Waals surface area contributed by atoms with Crippen LogP contribution in [0.2, 0.25) is 0 Å². The fourth-order valence-electron chi connectivity index (χ4n) is 2.14. The van der Waals surface area contributed by atoms with Gasteiger partial charge in [0.05, 0.1) is 17.5 Å². The van der Waals surface area contributed by atoms with Crippen molar-refractivity contribution in [2.75, 3.05) is 7.05 Å². The predicted octanol–water partition coefficient (Wildman–Crippen LogP) is 1.53. The molecule has 0 aliphatic carbocycles. The van der Waals surface area contributed by atoms with Gasteiger partial charge >= 0.3 is 0 Å². The van der Waals surface area contributed by atoms with Gasteiger partial charge in [0.15, 0.2) is 5.96 Å². The minimum absolute atomic E-state index is 0.0902. The van der Waals surface area contributed by atoms with E-state index in [0.717, 1.165) is 10.4 Å². The van der Waals surface area contributed by atoms with Crippen LogP contribution >= 0.6 is 11.3 Å². The number of carbonyl (C=O) groups is 1. The first-order chi connectivity index (χ1) is 8.39. The van der Waals surface area contributed by atoms with Crippen molar-refractivity contribution in [3.05, 3.63) is 21.4 Å². The van der Waals surface area contributed by atoms with Crippen LogP contribution in [0.3, 0.4) is 0 Å². The number of nitriles is 1. The number of guanidine groups is 1. The second-order valence-electron chi connectivity index (χ2n) is 4.65. The number of hydrogen-bond acceptors (Lipinski definition) is 4. The molecule has 0 saturated carbocycles. The van der Waals surface area contributed by atoms with Gasteiger partial charge in [-0.3, -0.25) is 15.1 Å². The molecule has 5 nitrogen and oxygen atoms in total. The molecule has 0 unspecified atom stereocenters. The van der Waals surface area contributed by atoms with Crippen LogP contribution in [0.15, 0.2) is 5.38 Å². The lowest BCUT2D eigenvalue weighted by Gasteiger charge is -2.39. The van der Waals surface area contributed by atoms with Gasteiger partial charge in [0.2, 0.25) is 5.91 Å². The van der Waals surface area contributed by atoms with Crippen molar-refractivity contribution in [3.63, 3.8) is 0 Å². The number of nitrogens with zero attached hydrogens (tertiary/aromatic N) is 2. The Bertz CT molecular complexity index is 551. The van der Waals surface area contributed by atoms with Crippen molar-refractivity contribution in [1.29, 1.82) is 10.7 Å². The molecule has 0 radical (unpaired) electrons. The molecule has 2 rings (SSSR count). The standard InChI is InChI=1S/C12H14N4OS/c1-7-8(5-13)6-18-10(7)12(2)4-9(17)16(3)11(14)15-12/h6H,4H2,1-3H3,(H2,14,15)/t12-/m0/s1. The summed E-state index contributed by atoms with van der Waals surface area (Å²) in [6.45, 7) is 3.77. The average molecular weight is 262 g/mol. The third kappa shape index (κ3) is 1.77. The predicted molar refractivity (Wildman–Crippen MR) is 69.4 cm³/mol. The van der Waals surface area contributed by atoms with E-state index < -0.39 is 5.54 Å². The highest BCUT2D eigenvalue weighted by molar-refractivity contribution is 7.10. The van der Waals surface area contributed by atoms with E-state index in [-0.39, 0.29) is 18.3 Å². The highest BCUT2D eigenvalue weighted by Crippen LogP contribution is 2.36. The van der Waals surface area contributed by atoms with Crippen LogP contribution in [0.1, 0.15) is 29.3 Å². The summed E-state index contributed by atoms with van der Waals surface area (Å²) in [5.41, 5.74) is 0.934. The SMILES string of the molecule is Cc1c(C#N)csc1[C@]1(C)CC(=O)N(C)C(=N)N1. The van der Waals surface area contributed by atoms with Crippen LogP contribution in [0.4, 0.5) is 0 Å². The molecule has 1 amide bonds. The van der Waals surface area contributed by atoms with Crippen molar-refractivity contribution in [1.82, 2.24) is 10.2 Å². The first-order valence-electron chi connectivity index (χ1n) is 5.51. The maximum Gasteiger partial charge on any atom is 0.231 e. The van der Waals surface area contributed by atoms with Gasteiger partial charge in [-0.15, -0.1) is 11.3 Å². The van der Waals surface area contributed by atoms with Crippen LogP contribution in [-0.2, 0) is 10.3 Å². The van der Waals surface area contributed by atoms with Gasteiger partial charge in [0, 0.05) is 17.3 Å². The van der Waals surface area contributed by atoms with Crippen LogP contribution in [0.25, 0.3) is 0 Å². The molecule has 1 aliphatic heterocycles. The van der Waals surface area contributed by atoms with Crippen LogP contribution < -0.4 is 5.32 Å². The van der Waals surface area contributed by atoms with Crippen LogP contribution in [0.5, 0.6) is 0 Å². The van der Waals surface area contributed by atoms with Gasteiger partial charge in [0.1, 0.15) is 6.07 Å². The summed E-state index contributed by atoms with van der Waals surface area (Å²) in [7, 11) is 1.58.